The largest absolute Gasteiger partial charge is 0.488 e. The van der Waals surface area contributed by atoms with Crippen LogP contribution in [0.5, 0.6) is 5.75 Å². The standard InChI is InChI=1S/C20H16N4O5/c25-23(26)17-10-11-18(19(12-17)24(27)28)22-21-13-16-8-4-5-9-20(16)29-14-15-6-2-1-3-7-15/h1-13,22H,14H2/b21-13+. The number of ether oxygens (including phenoxy) is 1. The fourth-order valence-electron chi connectivity index (χ4n) is 2.50. The van der Waals surface area contributed by atoms with E-state index < -0.39 is 15.5 Å². The molecule has 0 aliphatic carbocycles. The molecule has 0 aliphatic heterocycles. The maximum atomic E-state index is 11.2. The highest BCUT2D eigenvalue weighted by Crippen LogP contribution is 2.29. The van der Waals surface area contributed by atoms with Gasteiger partial charge in [-0.3, -0.25) is 25.7 Å². The van der Waals surface area contributed by atoms with Gasteiger partial charge in [0.05, 0.1) is 22.1 Å². The molecule has 3 rings (SSSR count). The van der Waals surface area contributed by atoms with Crippen LogP contribution in [0.4, 0.5) is 17.1 Å². The van der Waals surface area contributed by atoms with Crippen molar-refractivity contribution in [1.29, 1.82) is 0 Å². The predicted octanol–water partition coefficient (Wildman–Crippen LogP) is 4.53. The van der Waals surface area contributed by atoms with Gasteiger partial charge in [0.1, 0.15) is 18.0 Å². The van der Waals surface area contributed by atoms with Crippen LogP contribution < -0.4 is 10.2 Å². The zero-order chi connectivity index (χ0) is 20.6. The number of hydrogen-bond acceptors (Lipinski definition) is 7. The fraction of sp³-hybridized carbons (Fsp3) is 0.0500. The van der Waals surface area contributed by atoms with Crippen molar-refractivity contribution >= 4 is 23.3 Å². The molecule has 0 unspecified atom stereocenters. The van der Waals surface area contributed by atoms with Gasteiger partial charge in [0, 0.05) is 11.6 Å². The van der Waals surface area contributed by atoms with E-state index in [1.807, 2.05) is 42.5 Å². The summed E-state index contributed by atoms with van der Waals surface area (Å²) in [6.45, 7) is 0.382. The molecule has 0 radical (unpaired) electrons. The second-order valence-electron chi connectivity index (χ2n) is 5.90. The maximum absolute atomic E-state index is 11.2. The van der Waals surface area contributed by atoms with Crippen LogP contribution in [-0.4, -0.2) is 16.1 Å². The molecule has 0 saturated heterocycles. The van der Waals surface area contributed by atoms with E-state index in [4.69, 9.17) is 4.74 Å². The van der Waals surface area contributed by atoms with Crippen LogP contribution in [0.2, 0.25) is 0 Å². The quantitative estimate of drug-likeness (QED) is 0.342. The normalized spacial score (nSPS) is 10.6. The summed E-state index contributed by atoms with van der Waals surface area (Å²) in [5.74, 6) is 0.597. The molecular weight excluding hydrogens is 376 g/mol. The number of hydrogen-bond donors (Lipinski definition) is 1. The lowest BCUT2D eigenvalue weighted by Crippen LogP contribution is -2.00. The predicted molar refractivity (Wildman–Crippen MR) is 108 cm³/mol. The second kappa shape index (κ2) is 9.09. The Morgan fingerprint density at radius 3 is 2.38 bits per heavy atom. The first kappa shape index (κ1) is 19.5. The Labute approximate surface area is 165 Å². The highest BCUT2D eigenvalue weighted by atomic mass is 16.6. The summed E-state index contributed by atoms with van der Waals surface area (Å²) in [7, 11) is 0. The number of non-ortho nitro benzene ring substituents is 1. The van der Waals surface area contributed by atoms with Crippen molar-refractivity contribution in [2.75, 3.05) is 5.43 Å². The topological polar surface area (TPSA) is 120 Å². The number of benzene rings is 3. The molecule has 9 nitrogen and oxygen atoms in total. The smallest absolute Gasteiger partial charge is 0.301 e. The minimum atomic E-state index is -0.707. The summed E-state index contributed by atoms with van der Waals surface area (Å²) in [6.07, 6.45) is 1.46. The Bertz CT molecular complexity index is 1050. The molecule has 0 aromatic heterocycles. The first-order chi connectivity index (χ1) is 14.0. The van der Waals surface area contributed by atoms with Crippen LogP contribution in [0.3, 0.4) is 0 Å². The summed E-state index contributed by atoms with van der Waals surface area (Å²) >= 11 is 0. The first-order valence-corrected chi connectivity index (χ1v) is 8.52. The minimum Gasteiger partial charge on any atom is -0.488 e. The Hall–Kier alpha value is -4.27. The zero-order valence-corrected chi connectivity index (χ0v) is 15.1. The third-order valence-electron chi connectivity index (χ3n) is 3.93. The lowest BCUT2D eigenvalue weighted by atomic mass is 10.2. The number of nitrogens with zero attached hydrogens (tertiary/aromatic N) is 3. The average molecular weight is 392 g/mol. The van der Waals surface area contributed by atoms with E-state index in [0.717, 1.165) is 11.6 Å². The fourth-order valence-corrected chi connectivity index (χ4v) is 2.50. The lowest BCUT2D eigenvalue weighted by Gasteiger charge is -2.09. The summed E-state index contributed by atoms with van der Waals surface area (Å²) < 4.78 is 5.83. The van der Waals surface area contributed by atoms with Crippen molar-refractivity contribution < 1.29 is 14.6 Å². The van der Waals surface area contributed by atoms with E-state index in [2.05, 4.69) is 10.5 Å². The van der Waals surface area contributed by atoms with Gasteiger partial charge in [0.25, 0.3) is 5.69 Å². The van der Waals surface area contributed by atoms with Crippen LogP contribution in [0.1, 0.15) is 11.1 Å². The van der Waals surface area contributed by atoms with E-state index >= 15 is 0 Å². The summed E-state index contributed by atoms with van der Waals surface area (Å²) in [5.41, 5.74) is 3.47. The van der Waals surface area contributed by atoms with Gasteiger partial charge in [-0.15, -0.1) is 0 Å². The third kappa shape index (κ3) is 5.13. The van der Waals surface area contributed by atoms with Gasteiger partial charge in [-0.2, -0.15) is 5.10 Å². The van der Waals surface area contributed by atoms with Gasteiger partial charge >= 0.3 is 5.69 Å². The molecule has 0 saturated carbocycles. The zero-order valence-electron chi connectivity index (χ0n) is 15.1. The number of nitro groups is 2. The molecule has 0 heterocycles. The van der Waals surface area contributed by atoms with Crippen molar-refractivity contribution in [1.82, 2.24) is 0 Å². The Morgan fingerprint density at radius 2 is 1.66 bits per heavy atom. The molecule has 146 valence electrons. The van der Waals surface area contributed by atoms with Gasteiger partial charge in [-0.1, -0.05) is 42.5 Å². The van der Waals surface area contributed by atoms with Crippen LogP contribution >= 0.6 is 0 Å². The molecule has 0 atom stereocenters. The van der Waals surface area contributed by atoms with Gasteiger partial charge < -0.3 is 4.74 Å². The van der Waals surface area contributed by atoms with Gasteiger partial charge in [-0.05, 0) is 23.8 Å². The number of para-hydroxylation sites is 1. The SMILES string of the molecule is O=[N+]([O-])c1ccc(N/N=C/c2ccccc2OCc2ccccc2)c([N+](=O)[O-])c1. The van der Waals surface area contributed by atoms with Crippen LogP contribution in [0, 0.1) is 20.2 Å². The minimum absolute atomic E-state index is 0.0412. The average Bonchev–Trinajstić information content (AvgIpc) is 2.73. The maximum Gasteiger partial charge on any atom is 0.301 e. The Morgan fingerprint density at radius 1 is 0.931 bits per heavy atom. The molecule has 1 N–H and O–H groups in total. The second-order valence-corrected chi connectivity index (χ2v) is 5.90. The van der Waals surface area contributed by atoms with Crippen LogP contribution in [0.15, 0.2) is 77.9 Å². The molecule has 3 aromatic rings. The molecule has 3 aromatic carbocycles. The van der Waals surface area contributed by atoms with Crippen molar-refractivity contribution in [2.45, 2.75) is 6.61 Å². The Kier molecular flexibility index (Phi) is 6.11. The van der Waals surface area contributed by atoms with Crippen molar-refractivity contribution in [3.63, 3.8) is 0 Å². The van der Waals surface area contributed by atoms with Crippen LogP contribution in [0.25, 0.3) is 0 Å². The molecule has 0 bridgehead atoms. The highest BCUT2D eigenvalue weighted by Gasteiger charge is 2.19. The van der Waals surface area contributed by atoms with Gasteiger partial charge in [0.2, 0.25) is 0 Å². The van der Waals surface area contributed by atoms with Crippen molar-refractivity contribution in [3.05, 3.63) is 104 Å². The lowest BCUT2D eigenvalue weighted by molar-refractivity contribution is -0.393. The number of nitro benzene ring substituents is 2. The number of anilines is 1. The molecule has 0 aliphatic rings. The van der Waals surface area contributed by atoms with Crippen molar-refractivity contribution in [3.8, 4) is 5.75 Å². The van der Waals surface area contributed by atoms with E-state index in [1.165, 1.54) is 18.3 Å². The molecule has 0 amide bonds. The van der Waals surface area contributed by atoms with E-state index in [1.54, 1.807) is 12.1 Å². The summed E-state index contributed by atoms with van der Waals surface area (Å²) in [4.78, 5) is 20.6. The monoisotopic (exact) mass is 392 g/mol. The Balaban J connectivity index is 1.74. The summed E-state index contributed by atoms with van der Waals surface area (Å²) in [6, 6.07) is 20.2. The van der Waals surface area contributed by atoms with Gasteiger partial charge in [-0.25, -0.2) is 0 Å². The molecule has 9 heteroatoms. The van der Waals surface area contributed by atoms with E-state index in [9.17, 15) is 20.2 Å². The van der Waals surface area contributed by atoms with Crippen molar-refractivity contribution in [2.24, 2.45) is 5.10 Å². The third-order valence-corrected chi connectivity index (χ3v) is 3.93. The molecule has 0 spiro atoms. The number of rotatable bonds is 8. The molecule has 0 fully saturated rings. The first-order valence-electron chi connectivity index (χ1n) is 8.52. The number of nitrogens with one attached hydrogen (secondary N) is 1. The van der Waals surface area contributed by atoms with Gasteiger partial charge in [0.15, 0.2) is 0 Å². The van der Waals surface area contributed by atoms with E-state index in [0.29, 0.717) is 17.9 Å². The number of hydrazone groups is 1. The van der Waals surface area contributed by atoms with Crippen LogP contribution in [-0.2, 0) is 6.61 Å². The van der Waals surface area contributed by atoms with E-state index in [-0.39, 0.29) is 11.4 Å². The molecule has 29 heavy (non-hydrogen) atoms. The highest BCUT2D eigenvalue weighted by molar-refractivity contribution is 5.84. The molecular formula is C20H16N4O5. The summed E-state index contributed by atoms with van der Waals surface area (Å²) in [5, 5.41) is 26.0.